The second-order valence-electron chi connectivity index (χ2n) is 9.49. The summed E-state index contributed by atoms with van der Waals surface area (Å²) >= 11 is 0. The van der Waals surface area contributed by atoms with Gasteiger partial charge in [0, 0.05) is 25.5 Å². The van der Waals surface area contributed by atoms with Crippen LogP contribution in [-0.2, 0) is 11.8 Å². The molecule has 1 amide bonds. The number of aromatic nitrogens is 4. The molecule has 0 N–H and O–H groups in total. The van der Waals surface area contributed by atoms with Gasteiger partial charge in [-0.3, -0.25) is 4.68 Å². The Kier molecular flexibility index (Phi) is 5.08. The smallest absolute Gasteiger partial charge is 0.410 e. The summed E-state index contributed by atoms with van der Waals surface area (Å²) in [5.41, 5.74) is 4.18. The van der Waals surface area contributed by atoms with Gasteiger partial charge in [-0.1, -0.05) is 6.92 Å². The number of ether oxygens (including phenoxy) is 1. The minimum atomic E-state index is -0.469. The third-order valence-corrected chi connectivity index (χ3v) is 5.85. The van der Waals surface area contributed by atoms with Crippen LogP contribution in [0.1, 0.15) is 51.2 Å². The summed E-state index contributed by atoms with van der Waals surface area (Å²) in [6, 6.07) is 4.49. The van der Waals surface area contributed by atoms with Crippen molar-refractivity contribution in [3.8, 4) is 5.69 Å². The highest BCUT2D eigenvalue weighted by Gasteiger charge is 2.33. The van der Waals surface area contributed by atoms with Gasteiger partial charge in [-0.05, 0) is 69.2 Å². The molecular weight excluding hydrogens is 378 g/mol. The lowest BCUT2D eigenvalue weighted by molar-refractivity contribution is 0.0155. The SMILES string of the molecule is Cc1cc2cnn(-c3cnn(C)c3)c2cc1[C@@H]1CCN(C(=O)OC(C)(C)C)C[C@@H]1C. The van der Waals surface area contributed by atoms with Gasteiger partial charge in [-0.15, -0.1) is 0 Å². The lowest BCUT2D eigenvalue weighted by atomic mass is 9.79. The summed E-state index contributed by atoms with van der Waals surface area (Å²) in [5, 5.41) is 9.99. The molecule has 7 heteroatoms. The van der Waals surface area contributed by atoms with E-state index >= 15 is 0 Å². The van der Waals surface area contributed by atoms with E-state index in [1.807, 2.05) is 56.0 Å². The van der Waals surface area contributed by atoms with E-state index in [1.54, 1.807) is 4.68 Å². The number of benzene rings is 1. The molecule has 1 aliphatic heterocycles. The Morgan fingerprint density at radius 2 is 1.97 bits per heavy atom. The molecule has 3 heterocycles. The van der Waals surface area contributed by atoms with Crippen LogP contribution in [0.5, 0.6) is 0 Å². The maximum absolute atomic E-state index is 12.5. The zero-order valence-corrected chi connectivity index (χ0v) is 18.7. The molecule has 1 aliphatic rings. The molecule has 2 aromatic heterocycles. The number of hydrogen-bond donors (Lipinski definition) is 0. The Hall–Kier alpha value is -2.83. The van der Waals surface area contributed by atoms with Crippen molar-refractivity contribution in [2.75, 3.05) is 13.1 Å². The summed E-state index contributed by atoms with van der Waals surface area (Å²) < 4.78 is 9.31. The fourth-order valence-electron chi connectivity index (χ4n) is 4.43. The van der Waals surface area contributed by atoms with Crippen molar-refractivity contribution in [1.82, 2.24) is 24.5 Å². The maximum Gasteiger partial charge on any atom is 0.410 e. The van der Waals surface area contributed by atoms with Gasteiger partial charge in [0.15, 0.2) is 0 Å². The van der Waals surface area contributed by atoms with Crippen LogP contribution in [0.15, 0.2) is 30.7 Å². The molecule has 1 fully saturated rings. The minimum absolute atomic E-state index is 0.213. The van der Waals surface area contributed by atoms with E-state index in [1.165, 1.54) is 11.1 Å². The van der Waals surface area contributed by atoms with Crippen LogP contribution < -0.4 is 0 Å². The van der Waals surface area contributed by atoms with Crippen molar-refractivity contribution >= 4 is 17.0 Å². The number of amides is 1. The number of rotatable bonds is 2. The van der Waals surface area contributed by atoms with E-state index in [4.69, 9.17) is 4.74 Å². The first-order valence-corrected chi connectivity index (χ1v) is 10.6. The molecule has 0 saturated carbocycles. The van der Waals surface area contributed by atoms with Crippen molar-refractivity contribution in [2.45, 2.75) is 52.6 Å². The molecule has 2 atom stereocenters. The number of likely N-dealkylation sites (tertiary alicyclic amines) is 1. The predicted octanol–water partition coefficient (Wildman–Crippen LogP) is 4.43. The van der Waals surface area contributed by atoms with Gasteiger partial charge in [0.2, 0.25) is 0 Å². The summed E-state index contributed by atoms with van der Waals surface area (Å²) in [6.45, 7) is 11.5. The molecule has 0 aliphatic carbocycles. The summed E-state index contributed by atoms with van der Waals surface area (Å²) in [7, 11) is 1.91. The molecule has 4 rings (SSSR count). The number of fused-ring (bicyclic) bond motifs is 1. The highest BCUT2D eigenvalue weighted by Crippen LogP contribution is 2.37. The van der Waals surface area contributed by atoms with Crippen LogP contribution in [0.4, 0.5) is 4.79 Å². The molecule has 7 nitrogen and oxygen atoms in total. The normalized spacial score (nSPS) is 20.0. The maximum atomic E-state index is 12.5. The molecule has 1 aromatic carbocycles. The Labute approximate surface area is 177 Å². The predicted molar refractivity (Wildman–Crippen MR) is 117 cm³/mol. The number of piperidine rings is 1. The first kappa shape index (κ1) is 20.4. The zero-order chi connectivity index (χ0) is 21.6. The summed E-state index contributed by atoms with van der Waals surface area (Å²) in [4.78, 5) is 14.3. The average Bonchev–Trinajstić information content (AvgIpc) is 3.25. The number of hydrogen-bond acceptors (Lipinski definition) is 4. The number of aryl methyl sites for hydroxylation is 2. The number of carbonyl (C=O) groups is 1. The fourth-order valence-corrected chi connectivity index (χ4v) is 4.43. The highest BCUT2D eigenvalue weighted by atomic mass is 16.6. The molecule has 3 aromatic rings. The fraction of sp³-hybridized carbons (Fsp3) is 0.522. The molecule has 0 bridgehead atoms. The Morgan fingerprint density at radius 1 is 1.20 bits per heavy atom. The van der Waals surface area contributed by atoms with Crippen molar-refractivity contribution in [3.05, 3.63) is 41.9 Å². The molecule has 0 spiro atoms. The average molecular weight is 410 g/mol. The van der Waals surface area contributed by atoms with Crippen LogP contribution in [0.2, 0.25) is 0 Å². The van der Waals surface area contributed by atoms with Crippen molar-refractivity contribution < 1.29 is 9.53 Å². The Balaban J connectivity index is 1.60. The van der Waals surface area contributed by atoms with E-state index in [-0.39, 0.29) is 6.09 Å². The van der Waals surface area contributed by atoms with Crippen molar-refractivity contribution in [2.24, 2.45) is 13.0 Å². The van der Waals surface area contributed by atoms with E-state index in [2.05, 4.69) is 36.2 Å². The second-order valence-corrected chi connectivity index (χ2v) is 9.49. The largest absolute Gasteiger partial charge is 0.444 e. The van der Waals surface area contributed by atoms with Crippen LogP contribution >= 0.6 is 0 Å². The lowest BCUT2D eigenvalue weighted by Crippen LogP contribution is -2.44. The summed E-state index contributed by atoms with van der Waals surface area (Å²) in [6.07, 6.45) is 6.41. The van der Waals surface area contributed by atoms with Gasteiger partial charge < -0.3 is 9.64 Å². The van der Waals surface area contributed by atoms with E-state index in [0.29, 0.717) is 24.9 Å². The van der Waals surface area contributed by atoms with E-state index in [9.17, 15) is 4.79 Å². The van der Waals surface area contributed by atoms with Crippen molar-refractivity contribution in [1.29, 1.82) is 0 Å². The van der Waals surface area contributed by atoms with Crippen LogP contribution in [0, 0.1) is 12.8 Å². The Morgan fingerprint density at radius 3 is 2.60 bits per heavy atom. The van der Waals surface area contributed by atoms with Gasteiger partial charge >= 0.3 is 6.09 Å². The Bertz CT molecular complexity index is 1080. The van der Waals surface area contributed by atoms with Crippen LogP contribution in [-0.4, -0.2) is 49.2 Å². The number of carbonyl (C=O) groups excluding carboxylic acids is 1. The standard InChI is InChI=1S/C23H31N5O2/c1-15-9-17-11-25-28(18-12-24-26(6)14-18)21(17)10-20(15)19-7-8-27(13-16(19)2)22(29)30-23(3,4)5/h9-12,14,16,19H,7-8,13H2,1-6H3/t16-,19+/m0/s1. The third-order valence-electron chi connectivity index (χ3n) is 5.85. The molecule has 0 radical (unpaired) electrons. The molecule has 1 saturated heterocycles. The van der Waals surface area contributed by atoms with Crippen LogP contribution in [0.3, 0.4) is 0 Å². The lowest BCUT2D eigenvalue weighted by Gasteiger charge is -2.38. The molecular formula is C23H31N5O2. The quantitative estimate of drug-likeness (QED) is 0.628. The van der Waals surface area contributed by atoms with Gasteiger partial charge in [0.05, 0.1) is 24.1 Å². The monoisotopic (exact) mass is 409 g/mol. The molecule has 30 heavy (non-hydrogen) atoms. The van der Waals surface area contributed by atoms with Gasteiger partial charge in [-0.25, -0.2) is 9.48 Å². The van der Waals surface area contributed by atoms with Gasteiger partial charge in [-0.2, -0.15) is 10.2 Å². The first-order valence-electron chi connectivity index (χ1n) is 10.6. The van der Waals surface area contributed by atoms with Crippen LogP contribution in [0.25, 0.3) is 16.6 Å². The van der Waals surface area contributed by atoms with E-state index < -0.39 is 5.60 Å². The topological polar surface area (TPSA) is 65.2 Å². The molecule has 160 valence electrons. The van der Waals surface area contributed by atoms with E-state index in [0.717, 1.165) is 23.0 Å². The molecule has 0 unspecified atom stereocenters. The first-order chi connectivity index (χ1) is 14.1. The minimum Gasteiger partial charge on any atom is -0.444 e. The zero-order valence-electron chi connectivity index (χ0n) is 18.7. The number of nitrogens with zero attached hydrogens (tertiary/aromatic N) is 5. The summed E-state index contributed by atoms with van der Waals surface area (Å²) in [5.74, 6) is 0.738. The van der Waals surface area contributed by atoms with Gasteiger partial charge in [0.1, 0.15) is 11.3 Å². The highest BCUT2D eigenvalue weighted by molar-refractivity contribution is 5.82. The van der Waals surface area contributed by atoms with Crippen molar-refractivity contribution in [3.63, 3.8) is 0 Å². The van der Waals surface area contributed by atoms with Gasteiger partial charge in [0.25, 0.3) is 0 Å². The third kappa shape index (κ3) is 3.93. The second kappa shape index (κ2) is 7.45.